The van der Waals surface area contributed by atoms with E-state index >= 15 is 0 Å². The molecule has 0 radical (unpaired) electrons. The zero-order chi connectivity index (χ0) is 14.4. The Bertz CT molecular complexity index is 669. The molecule has 21 heavy (non-hydrogen) atoms. The van der Waals surface area contributed by atoms with Gasteiger partial charge in [-0.15, -0.1) is 22.9 Å². The first-order valence-corrected chi connectivity index (χ1v) is 9.06. The summed E-state index contributed by atoms with van der Waals surface area (Å²) in [6.07, 6.45) is 5.92. The molecule has 0 amide bonds. The zero-order valence-electron chi connectivity index (χ0n) is 11.6. The Morgan fingerprint density at radius 2 is 1.90 bits per heavy atom. The van der Waals surface area contributed by atoms with Crippen LogP contribution in [0.2, 0.25) is 5.02 Å². The van der Waals surface area contributed by atoms with E-state index in [1.807, 2.05) is 23.5 Å². The van der Waals surface area contributed by atoms with Crippen molar-refractivity contribution in [2.45, 2.75) is 37.5 Å². The summed E-state index contributed by atoms with van der Waals surface area (Å²) >= 11 is 14.9. The summed E-state index contributed by atoms with van der Waals surface area (Å²) < 4.78 is 5.79. The van der Waals surface area contributed by atoms with Crippen molar-refractivity contribution >= 4 is 34.5 Å². The third-order valence-electron chi connectivity index (χ3n) is 4.32. The number of aryl methyl sites for hydroxylation is 2. The van der Waals surface area contributed by atoms with Gasteiger partial charge in [0.25, 0.3) is 0 Å². The predicted octanol–water partition coefficient (Wildman–Crippen LogP) is 5.54. The number of alkyl halides is 1. The third-order valence-corrected chi connectivity index (χ3v) is 6.44. The molecule has 0 saturated heterocycles. The van der Waals surface area contributed by atoms with Crippen LogP contribution in [0.5, 0.6) is 5.75 Å². The van der Waals surface area contributed by atoms with E-state index in [1.165, 1.54) is 46.6 Å². The first-order valence-electron chi connectivity index (χ1n) is 7.43. The first kappa shape index (κ1) is 13.9. The number of rotatable bonds is 2. The van der Waals surface area contributed by atoms with Crippen LogP contribution in [0.1, 0.15) is 44.7 Å². The molecule has 110 valence electrons. The number of benzene rings is 1. The molecule has 1 unspecified atom stereocenters. The molecule has 0 bridgehead atoms. The smallest absolute Gasteiger partial charge is 0.127 e. The van der Waals surface area contributed by atoms with Gasteiger partial charge in [-0.25, -0.2) is 0 Å². The van der Waals surface area contributed by atoms with E-state index in [-0.39, 0.29) is 5.38 Å². The predicted molar refractivity (Wildman–Crippen MR) is 89.3 cm³/mol. The minimum absolute atomic E-state index is 0.161. The second kappa shape index (κ2) is 5.49. The van der Waals surface area contributed by atoms with Crippen LogP contribution in [-0.2, 0) is 19.3 Å². The average molecular weight is 339 g/mol. The quantitative estimate of drug-likeness (QED) is 0.653. The van der Waals surface area contributed by atoms with Gasteiger partial charge in [-0.1, -0.05) is 11.6 Å². The van der Waals surface area contributed by atoms with Gasteiger partial charge in [0, 0.05) is 26.8 Å². The van der Waals surface area contributed by atoms with Gasteiger partial charge in [0.1, 0.15) is 5.75 Å². The normalized spacial score (nSPS) is 18.0. The highest BCUT2D eigenvalue weighted by molar-refractivity contribution is 7.12. The van der Waals surface area contributed by atoms with Crippen LogP contribution in [0, 0.1) is 0 Å². The summed E-state index contributed by atoms with van der Waals surface area (Å²) in [7, 11) is 0. The Morgan fingerprint density at radius 1 is 1.05 bits per heavy atom. The molecule has 0 spiro atoms. The zero-order valence-corrected chi connectivity index (χ0v) is 14.0. The maximum atomic E-state index is 6.78. The number of halogens is 2. The highest BCUT2D eigenvalue weighted by Crippen LogP contribution is 2.44. The van der Waals surface area contributed by atoms with Crippen molar-refractivity contribution < 1.29 is 4.74 Å². The molecule has 1 nitrogen and oxygen atoms in total. The van der Waals surface area contributed by atoms with Crippen molar-refractivity contribution in [1.82, 2.24) is 0 Å². The summed E-state index contributed by atoms with van der Waals surface area (Å²) in [6, 6.07) is 6.25. The van der Waals surface area contributed by atoms with Crippen LogP contribution in [-0.4, -0.2) is 6.61 Å². The highest BCUT2D eigenvalue weighted by Gasteiger charge is 2.25. The molecule has 1 aromatic heterocycles. The van der Waals surface area contributed by atoms with Gasteiger partial charge in [0.2, 0.25) is 0 Å². The molecule has 1 aromatic carbocycles. The molecular formula is C17H16Cl2OS. The van der Waals surface area contributed by atoms with Crippen LogP contribution in [0.15, 0.2) is 18.2 Å². The lowest BCUT2D eigenvalue weighted by molar-refractivity contribution is 0.354. The number of fused-ring (bicyclic) bond motifs is 2. The molecule has 2 aliphatic rings. The van der Waals surface area contributed by atoms with Gasteiger partial charge in [-0.2, -0.15) is 0 Å². The number of ether oxygens (including phenoxy) is 1. The number of hydrogen-bond donors (Lipinski definition) is 0. The van der Waals surface area contributed by atoms with Gasteiger partial charge >= 0.3 is 0 Å². The summed E-state index contributed by atoms with van der Waals surface area (Å²) in [5.41, 5.74) is 3.70. The van der Waals surface area contributed by atoms with Gasteiger partial charge in [-0.3, -0.25) is 0 Å². The lowest BCUT2D eigenvalue weighted by atomic mass is 9.98. The van der Waals surface area contributed by atoms with E-state index in [0.717, 1.165) is 29.4 Å². The molecule has 2 heterocycles. The van der Waals surface area contributed by atoms with Crippen molar-refractivity contribution in [2.75, 3.05) is 6.61 Å². The Hall–Kier alpha value is -0.700. The Balaban J connectivity index is 1.75. The second-order valence-electron chi connectivity index (χ2n) is 5.75. The number of thiophene rings is 1. The van der Waals surface area contributed by atoms with E-state index < -0.39 is 0 Å². The molecule has 2 aromatic rings. The lowest BCUT2D eigenvalue weighted by Crippen LogP contribution is -1.97. The molecule has 0 fully saturated rings. The van der Waals surface area contributed by atoms with E-state index in [9.17, 15) is 0 Å². The van der Waals surface area contributed by atoms with Crippen molar-refractivity contribution in [3.63, 3.8) is 0 Å². The molecule has 4 rings (SSSR count). The monoisotopic (exact) mass is 338 g/mol. The van der Waals surface area contributed by atoms with Crippen LogP contribution in [0.3, 0.4) is 0 Å². The summed E-state index contributed by atoms with van der Waals surface area (Å²) in [4.78, 5) is 2.74. The Morgan fingerprint density at radius 3 is 2.76 bits per heavy atom. The van der Waals surface area contributed by atoms with E-state index in [2.05, 4.69) is 6.07 Å². The maximum Gasteiger partial charge on any atom is 0.127 e. The van der Waals surface area contributed by atoms with Crippen molar-refractivity contribution in [3.05, 3.63) is 49.7 Å². The largest absolute Gasteiger partial charge is 0.493 e. The second-order valence-corrected chi connectivity index (χ2v) is 7.79. The maximum absolute atomic E-state index is 6.78. The molecule has 0 saturated carbocycles. The fourth-order valence-corrected chi connectivity index (χ4v) is 5.14. The SMILES string of the molecule is Clc1cc2c(c(C(Cl)c3cc4c(s3)CCCC4)c1)OCC2. The number of hydrogen-bond acceptors (Lipinski definition) is 2. The third kappa shape index (κ3) is 2.48. The van der Waals surface area contributed by atoms with Crippen LogP contribution in [0.25, 0.3) is 0 Å². The molecule has 4 heteroatoms. The van der Waals surface area contributed by atoms with Crippen LogP contribution in [0.4, 0.5) is 0 Å². The standard InChI is InChI=1S/C17H16Cl2OS/c18-12-7-11-5-6-20-17(11)13(9-12)16(19)15-8-10-3-1-2-4-14(10)21-15/h7-9,16H,1-6H2. The van der Waals surface area contributed by atoms with Crippen LogP contribution < -0.4 is 4.74 Å². The van der Waals surface area contributed by atoms with Gasteiger partial charge < -0.3 is 4.74 Å². The van der Waals surface area contributed by atoms with E-state index in [0.29, 0.717) is 0 Å². The highest BCUT2D eigenvalue weighted by atomic mass is 35.5. The molecule has 1 atom stereocenters. The summed E-state index contributed by atoms with van der Waals surface area (Å²) in [5, 5.41) is 0.590. The fourth-order valence-electron chi connectivity index (χ4n) is 3.28. The van der Waals surface area contributed by atoms with Gasteiger partial charge in [0.15, 0.2) is 0 Å². The topological polar surface area (TPSA) is 9.23 Å². The van der Waals surface area contributed by atoms with Gasteiger partial charge in [0.05, 0.1) is 12.0 Å². The molecule has 0 N–H and O–H groups in total. The molecular weight excluding hydrogens is 323 g/mol. The van der Waals surface area contributed by atoms with E-state index in [1.54, 1.807) is 0 Å². The summed E-state index contributed by atoms with van der Waals surface area (Å²) in [6.45, 7) is 0.729. The van der Waals surface area contributed by atoms with Crippen molar-refractivity contribution in [1.29, 1.82) is 0 Å². The molecule has 1 aliphatic carbocycles. The lowest BCUT2D eigenvalue weighted by Gasteiger charge is -2.13. The van der Waals surface area contributed by atoms with Crippen molar-refractivity contribution in [2.24, 2.45) is 0 Å². The Labute approximate surface area is 138 Å². The minimum Gasteiger partial charge on any atom is -0.493 e. The Kier molecular flexibility index (Phi) is 3.64. The first-order chi connectivity index (χ1) is 10.2. The van der Waals surface area contributed by atoms with E-state index in [4.69, 9.17) is 27.9 Å². The van der Waals surface area contributed by atoms with Gasteiger partial charge in [-0.05, 0) is 55.0 Å². The minimum atomic E-state index is -0.161. The summed E-state index contributed by atoms with van der Waals surface area (Å²) in [5.74, 6) is 0.950. The average Bonchev–Trinajstić information content (AvgIpc) is 3.11. The fraction of sp³-hybridized carbons (Fsp3) is 0.412. The van der Waals surface area contributed by atoms with Crippen molar-refractivity contribution in [3.8, 4) is 5.75 Å². The van der Waals surface area contributed by atoms with Crippen LogP contribution >= 0.6 is 34.5 Å². The molecule has 1 aliphatic heterocycles.